The minimum Gasteiger partial charge on any atom is -0.493 e. The zero-order chi connectivity index (χ0) is 15.9. The summed E-state index contributed by atoms with van der Waals surface area (Å²) in [5.74, 6) is 1.27. The SMILES string of the molecule is COc1cc(CNCCN(C)C2CCCC2)cc(Cl)c1OC. The summed E-state index contributed by atoms with van der Waals surface area (Å²) >= 11 is 6.22. The normalized spacial score (nSPS) is 15.5. The Bertz CT molecular complexity index is 476. The Kier molecular flexibility index (Phi) is 6.80. The van der Waals surface area contributed by atoms with E-state index < -0.39 is 0 Å². The fraction of sp³-hybridized carbons (Fsp3) is 0.647. The van der Waals surface area contributed by atoms with Crippen LogP contribution in [0.15, 0.2) is 12.1 Å². The second-order valence-electron chi connectivity index (χ2n) is 5.91. The molecule has 124 valence electrons. The van der Waals surface area contributed by atoms with Gasteiger partial charge in [0.15, 0.2) is 11.5 Å². The molecule has 1 fully saturated rings. The molecule has 1 saturated carbocycles. The maximum atomic E-state index is 6.22. The van der Waals surface area contributed by atoms with Gasteiger partial charge >= 0.3 is 0 Å². The molecular formula is C17H27ClN2O2. The lowest BCUT2D eigenvalue weighted by atomic mass is 10.2. The van der Waals surface area contributed by atoms with Crippen molar-refractivity contribution in [1.82, 2.24) is 10.2 Å². The highest BCUT2D eigenvalue weighted by Gasteiger charge is 2.18. The quantitative estimate of drug-likeness (QED) is 0.743. The van der Waals surface area contributed by atoms with Gasteiger partial charge in [0.05, 0.1) is 19.2 Å². The van der Waals surface area contributed by atoms with Crippen LogP contribution < -0.4 is 14.8 Å². The molecule has 0 aromatic heterocycles. The van der Waals surface area contributed by atoms with Crippen molar-refractivity contribution in [2.45, 2.75) is 38.3 Å². The summed E-state index contributed by atoms with van der Waals surface area (Å²) < 4.78 is 10.6. The van der Waals surface area contributed by atoms with E-state index in [-0.39, 0.29) is 0 Å². The van der Waals surface area contributed by atoms with Gasteiger partial charge in [-0.3, -0.25) is 0 Å². The molecule has 0 atom stereocenters. The highest BCUT2D eigenvalue weighted by Crippen LogP contribution is 2.35. The summed E-state index contributed by atoms with van der Waals surface area (Å²) in [5.41, 5.74) is 1.10. The molecule has 22 heavy (non-hydrogen) atoms. The summed E-state index contributed by atoms with van der Waals surface area (Å²) in [6.45, 7) is 2.82. The number of methoxy groups -OCH3 is 2. The first-order chi connectivity index (χ1) is 10.7. The minimum atomic E-state index is 0.585. The molecule has 1 aromatic rings. The van der Waals surface area contributed by atoms with Gasteiger partial charge in [-0.1, -0.05) is 24.4 Å². The van der Waals surface area contributed by atoms with Gasteiger partial charge in [-0.05, 0) is 37.6 Å². The minimum absolute atomic E-state index is 0.585. The summed E-state index contributed by atoms with van der Waals surface area (Å²) in [5, 5.41) is 4.06. The van der Waals surface area contributed by atoms with E-state index in [2.05, 4.69) is 17.3 Å². The Morgan fingerprint density at radius 3 is 2.59 bits per heavy atom. The summed E-state index contributed by atoms with van der Waals surface area (Å²) in [6, 6.07) is 4.67. The van der Waals surface area contributed by atoms with Gasteiger partial charge in [-0.2, -0.15) is 0 Å². The van der Waals surface area contributed by atoms with E-state index in [0.29, 0.717) is 16.5 Å². The fourth-order valence-corrected chi connectivity index (χ4v) is 3.40. The van der Waals surface area contributed by atoms with Crippen LogP contribution in [0.1, 0.15) is 31.2 Å². The molecule has 0 radical (unpaired) electrons. The molecule has 1 aliphatic carbocycles. The topological polar surface area (TPSA) is 33.7 Å². The molecular weight excluding hydrogens is 300 g/mol. The van der Waals surface area contributed by atoms with Crippen LogP contribution >= 0.6 is 11.6 Å². The van der Waals surface area contributed by atoms with Gasteiger partial charge in [0.2, 0.25) is 0 Å². The van der Waals surface area contributed by atoms with Crippen molar-refractivity contribution in [2.75, 3.05) is 34.4 Å². The fourth-order valence-electron chi connectivity index (χ4n) is 3.09. The molecule has 2 rings (SSSR count). The first-order valence-electron chi connectivity index (χ1n) is 7.97. The number of hydrogen-bond donors (Lipinski definition) is 1. The van der Waals surface area contributed by atoms with Crippen molar-refractivity contribution in [3.8, 4) is 11.5 Å². The maximum absolute atomic E-state index is 6.22. The Hall–Kier alpha value is -0.970. The van der Waals surface area contributed by atoms with Gasteiger partial charge in [0, 0.05) is 25.7 Å². The lowest BCUT2D eigenvalue weighted by molar-refractivity contribution is 0.245. The predicted molar refractivity (Wildman–Crippen MR) is 91.1 cm³/mol. The maximum Gasteiger partial charge on any atom is 0.179 e. The Morgan fingerprint density at radius 1 is 1.23 bits per heavy atom. The average Bonchev–Trinajstić information content (AvgIpc) is 3.05. The Morgan fingerprint density at radius 2 is 1.95 bits per heavy atom. The molecule has 0 unspecified atom stereocenters. The number of nitrogens with one attached hydrogen (secondary N) is 1. The molecule has 0 heterocycles. The molecule has 4 nitrogen and oxygen atoms in total. The number of rotatable bonds is 8. The van der Waals surface area contributed by atoms with E-state index in [0.717, 1.165) is 31.2 Å². The summed E-state index contributed by atoms with van der Waals surface area (Å²) in [6.07, 6.45) is 5.46. The molecule has 5 heteroatoms. The number of benzene rings is 1. The van der Waals surface area contributed by atoms with E-state index in [1.165, 1.54) is 25.7 Å². The third-order valence-corrected chi connectivity index (χ3v) is 4.69. The number of likely N-dealkylation sites (N-methyl/N-ethyl adjacent to an activating group) is 1. The van der Waals surface area contributed by atoms with Crippen molar-refractivity contribution in [3.63, 3.8) is 0 Å². The zero-order valence-electron chi connectivity index (χ0n) is 13.8. The highest BCUT2D eigenvalue weighted by atomic mass is 35.5. The van der Waals surface area contributed by atoms with Gasteiger partial charge in [-0.25, -0.2) is 0 Å². The van der Waals surface area contributed by atoms with Gasteiger partial charge in [0.1, 0.15) is 0 Å². The van der Waals surface area contributed by atoms with Crippen molar-refractivity contribution in [1.29, 1.82) is 0 Å². The zero-order valence-corrected chi connectivity index (χ0v) is 14.6. The van der Waals surface area contributed by atoms with Crippen LogP contribution in [-0.4, -0.2) is 45.3 Å². The van der Waals surface area contributed by atoms with Crippen LogP contribution in [0.3, 0.4) is 0 Å². The van der Waals surface area contributed by atoms with Gasteiger partial charge in [0.25, 0.3) is 0 Å². The number of halogens is 1. The van der Waals surface area contributed by atoms with E-state index in [1.807, 2.05) is 12.1 Å². The van der Waals surface area contributed by atoms with Crippen LogP contribution in [0, 0.1) is 0 Å². The van der Waals surface area contributed by atoms with Gasteiger partial charge in [-0.15, -0.1) is 0 Å². The van der Waals surface area contributed by atoms with E-state index in [9.17, 15) is 0 Å². The first kappa shape index (κ1) is 17.4. The molecule has 0 aliphatic heterocycles. The molecule has 0 bridgehead atoms. The second-order valence-corrected chi connectivity index (χ2v) is 6.32. The van der Waals surface area contributed by atoms with Crippen LogP contribution in [0.25, 0.3) is 0 Å². The predicted octanol–water partition coefficient (Wildman–Crippen LogP) is 3.32. The lowest BCUT2D eigenvalue weighted by Gasteiger charge is -2.24. The second kappa shape index (κ2) is 8.61. The summed E-state index contributed by atoms with van der Waals surface area (Å²) in [7, 11) is 5.45. The van der Waals surface area contributed by atoms with E-state index in [1.54, 1.807) is 14.2 Å². The molecule has 1 N–H and O–H groups in total. The van der Waals surface area contributed by atoms with E-state index in [4.69, 9.17) is 21.1 Å². The van der Waals surface area contributed by atoms with Crippen molar-refractivity contribution in [3.05, 3.63) is 22.7 Å². The highest BCUT2D eigenvalue weighted by molar-refractivity contribution is 6.32. The summed E-state index contributed by atoms with van der Waals surface area (Å²) in [4.78, 5) is 2.47. The van der Waals surface area contributed by atoms with Crippen LogP contribution in [0.4, 0.5) is 0 Å². The third kappa shape index (κ3) is 4.51. The smallest absolute Gasteiger partial charge is 0.179 e. The van der Waals surface area contributed by atoms with E-state index >= 15 is 0 Å². The molecule has 1 aliphatic rings. The molecule has 1 aromatic carbocycles. The third-order valence-electron chi connectivity index (χ3n) is 4.41. The Balaban J connectivity index is 1.80. The van der Waals surface area contributed by atoms with Crippen molar-refractivity contribution in [2.24, 2.45) is 0 Å². The van der Waals surface area contributed by atoms with Crippen LogP contribution in [0.2, 0.25) is 5.02 Å². The number of ether oxygens (including phenoxy) is 2. The number of nitrogens with zero attached hydrogens (tertiary/aromatic N) is 1. The lowest BCUT2D eigenvalue weighted by Crippen LogP contribution is -2.35. The van der Waals surface area contributed by atoms with Crippen LogP contribution in [-0.2, 0) is 6.54 Å². The molecule has 0 spiro atoms. The number of hydrogen-bond acceptors (Lipinski definition) is 4. The largest absolute Gasteiger partial charge is 0.493 e. The molecule has 0 amide bonds. The van der Waals surface area contributed by atoms with Gasteiger partial charge < -0.3 is 19.7 Å². The Labute approximate surface area is 138 Å². The molecule has 0 saturated heterocycles. The van der Waals surface area contributed by atoms with Crippen molar-refractivity contribution < 1.29 is 9.47 Å². The monoisotopic (exact) mass is 326 g/mol. The van der Waals surface area contributed by atoms with Crippen LogP contribution in [0.5, 0.6) is 11.5 Å². The standard InChI is InChI=1S/C17H27ClN2O2/c1-20(14-6-4-5-7-14)9-8-19-12-13-10-15(18)17(22-3)16(11-13)21-2/h10-11,14,19H,4-9,12H2,1-3H3. The first-order valence-corrected chi connectivity index (χ1v) is 8.35. The average molecular weight is 327 g/mol. The van der Waals surface area contributed by atoms with Crippen molar-refractivity contribution >= 4 is 11.6 Å².